The summed E-state index contributed by atoms with van der Waals surface area (Å²) in [6.07, 6.45) is 0.942. The number of amides is 1. The fraction of sp³-hybridized carbons (Fsp3) is 0.200. The Morgan fingerprint density at radius 3 is 2.60 bits per heavy atom. The zero-order valence-corrected chi connectivity index (χ0v) is 17.4. The molecule has 0 saturated carbocycles. The van der Waals surface area contributed by atoms with E-state index in [1.54, 1.807) is 12.1 Å². The number of hydrogen-bond donors (Lipinski definition) is 1. The van der Waals surface area contributed by atoms with Crippen molar-refractivity contribution < 1.29 is 13.9 Å². The predicted octanol–water partition coefficient (Wildman–Crippen LogP) is 6.15. The van der Waals surface area contributed by atoms with Crippen LogP contribution >= 0.6 is 0 Å². The molecule has 30 heavy (non-hydrogen) atoms. The summed E-state index contributed by atoms with van der Waals surface area (Å²) in [6, 6.07) is 18.9. The van der Waals surface area contributed by atoms with Crippen molar-refractivity contribution in [1.29, 1.82) is 0 Å². The molecule has 1 N–H and O–H groups in total. The lowest BCUT2D eigenvalue weighted by atomic mass is 10.1. The van der Waals surface area contributed by atoms with E-state index in [0.29, 0.717) is 18.1 Å². The number of oxazole rings is 1. The Kier molecular flexibility index (Phi) is 5.53. The van der Waals surface area contributed by atoms with Crippen molar-refractivity contribution in [3.63, 3.8) is 0 Å². The second-order valence-electron chi connectivity index (χ2n) is 7.35. The predicted molar refractivity (Wildman–Crippen MR) is 119 cm³/mol. The SMILES string of the molecule is CCCOc1ccc(C(=O)Nc2cc(-c3nc4cc(C)ccc4o3)ccc2C)cc1. The average molecular weight is 400 g/mol. The van der Waals surface area contributed by atoms with Gasteiger partial charge in [-0.15, -0.1) is 0 Å². The summed E-state index contributed by atoms with van der Waals surface area (Å²) in [5.74, 6) is 1.12. The Balaban J connectivity index is 1.56. The lowest BCUT2D eigenvalue weighted by molar-refractivity contribution is 0.102. The molecular weight excluding hydrogens is 376 g/mol. The van der Waals surface area contributed by atoms with Gasteiger partial charge in [0.15, 0.2) is 5.58 Å². The minimum absolute atomic E-state index is 0.175. The maximum Gasteiger partial charge on any atom is 0.255 e. The van der Waals surface area contributed by atoms with E-state index in [-0.39, 0.29) is 5.91 Å². The van der Waals surface area contributed by atoms with E-state index in [4.69, 9.17) is 9.15 Å². The summed E-state index contributed by atoms with van der Waals surface area (Å²) in [4.78, 5) is 17.3. The monoisotopic (exact) mass is 400 g/mol. The number of carbonyl (C=O) groups is 1. The zero-order valence-electron chi connectivity index (χ0n) is 17.4. The number of aryl methyl sites for hydroxylation is 2. The minimum atomic E-state index is -0.175. The first-order chi connectivity index (χ1) is 14.5. The summed E-state index contributed by atoms with van der Waals surface area (Å²) in [5, 5.41) is 2.99. The lowest BCUT2D eigenvalue weighted by Gasteiger charge is -2.10. The van der Waals surface area contributed by atoms with Crippen LogP contribution in [0.3, 0.4) is 0 Å². The molecule has 0 radical (unpaired) electrons. The fourth-order valence-electron chi connectivity index (χ4n) is 3.17. The first-order valence-corrected chi connectivity index (χ1v) is 10.1. The van der Waals surface area contributed by atoms with Crippen molar-refractivity contribution in [3.8, 4) is 17.2 Å². The molecule has 0 atom stereocenters. The number of anilines is 1. The minimum Gasteiger partial charge on any atom is -0.494 e. The molecule has 3 aromatic carbocycles. The topological polar surface area (TPSA) is 64.4 Å². The Morgan fingerprint density at radius 1 is 1.03 bits per heavy atom. The second-order valence-corrected chi connectivity index (χ2v) is 7.35. The maximum atomic E-state index is 12.7. The van der Waals surface area contributed by atoms with Gasteiger partial charge in [0.1, 0.15) is 11.3 Å². The third-order valence-corrected chi connectivity index (χ3v) is 4.87. The zero-order chi connectivity index (χ0) is 21.1. The molecule has 1 amide bonds. The van der Waals surface area contributed by atoms with Gasteiger partial charge in [0, 0.05) is 16.8 Å². The van der Waals surface area contributed by atoms with Gasteiger partial charge in [-0.1, -0.05) is 19.1 Å². The van der Waals surface area contributed by atoms with Gasteiger partial charge in [0.2, 0.25) is 5.89 Å². The summed E-state index contributed by atoms with van der Waals surface area (Å²) >= 11 is 0. The van der Waals surface area contributed by atoms with Crippen LogP contribution in [0.5, 0.6) is 5.75 Å². The number of rotatable bonds is 6. The van der Waals surface area contributed by atoms with Crippen LogP contribution in [0, 0.1) is 13.8 Å². The smallest absolute Gasteiger partial charge is 0.255 e. The molecule has 5 heteroatoms. The molecular formula is C25H24N2O3. The number of fused-ring (bicyclic) bond motifs is 1. The molecule has 0 bridgehead atoms. The van der Waals surface area contributed by atoms with Gasteiger partial charge in [0.05, 0.1) is 6.61 Å². The fourth-order valence-corrected chi connectivity index (χ4v) is 3.17. The number of benzene rings is 3. The van der Waals surface area contributed by atoms with E-state index >= 15 is 0 Å². The largest absolute Gasteiger partial charge is 0.494 e. The highest BCUT2D eigenvalue weighted by atomic mass is 16.5. The van der Waals surface area contributed by atoms with Crippen LogP contribution in [0.2, 0.25) is 0 Å². The van der Waals surface area contributed by atoms with Crippen LogP contribution in [0.1, 0.15) is 34.8 Å². The van der Waals surface area contributed by atoms with E-state index < -0.39 is 0 Å². The summed E-state index contributed by atoms with van der Waals surface area (Å²) in [6.45, 7) is 6.69. The van der Waals surface area contributed by atoms with E-state index in [9.17, 15) is 4.79 Å². The molecule has 0 aliphatic rings. The first-order valence-electron chi connectivity index (χ1n) is 10.1. The van der Waals surface area contributed by atoms with E-state index in [1.807, 2.05) is 62.4 Å². The normalized spacial score (nSPS) is 10.9. The molecule has 0 fully saturated rings. The van der Waals surface area contributed by atoms with Crippen molar-refractivity contribution in [2.75, 3.05) is 11.9 Å². The van der Waals surface area contributed by atoms with E-state index in [1.165, 1.54) is 0 Å². The molecule has 0 saturated heterocycles. The standard InChI is InChI=1S/C25H24N2O3/c1-4-13-29-20-10-8-18(9-11-20)24(28)26-21-15-19(7-6-17(21)3)25-27-22-14-16(2)5-12-23(22)30-25/h5-12,14-15H,4,13H2,1-3H3,(H,26,28). The molecule has 0 aliphatic heterocycles. The highest BCUT2D eigenvalue weighted by Gasteiger charge is 2.13. The van der Waals surface area contributed by atoms with Crippen LogP contribution in [0.25, 0.3) is 22.6 Å². The van der Waals surface area contributed by atoms with Gasteiger partial charge in [-0.25, -0.2) is 4.98 Å². The Hall–Kier alpha value is -3.60. The quantitative estimate of drug-likeness (QED) is 0.421. The van der Waals surface area contributed by atoms with Gasteiger partial charge < -0.3 is 14.5 Å². The number of nitrogens with zero attached hydrogens (tertiary/aromatic N) is 1. The van der Waals surface area contributed by atoms with Crippen molar-refractivity contribution in [2.24, 2.45) is 0 Å². The van der Waals surface area contributed by atoms with Crippen LogP contribution in [0.15, 0.2) is 65.1 Å². The molecule has 4 aromatic rings. The molecule has 0 aliphatic carbocycles. The lowest BCUT2D eigenvalue weighted by Crippen LogP contribution is -2.12. The van der Waals surface area contributed by atoms with Gasteiger partial charge in [-0.3, -0.25) is 4.79 Å². The van der Waals surface area contributed by atoms with Gasteiger partial charge in [0.25, 0.3) is 5.91 Å². The van der Waals surface area contributed by atoms with E-state index in [2.05, 4.69) is 17.2 Å². The van der Waals surface area contributed by atoms with Crippen molar-refractivity contribution in [2.45, 2.75) is 27.2 Å². The third-order valence-electron chi connectivity index (χ3n) is 4.87. The van der Waals surface area contributed by atoms with Gasteiger partial charge >= 0.3 is 0 Å². The number of carbonyl (C=O) groups excluding carboxylic acids is 1. The maximum absolute atomic E-state index is 12.7. The van der Waals surface area contributed by atoms with Crippen molar-refractivity contribution >= 4 is 22.7 Å². The van der Waals surface area contributed by atoms with Crippen molar-refractivity contribution in [1.82, 2.24) is 4.98 Å². The molecule has 0 unspecified atom stereocenters. The number of nitrogens with one attached hydrogen (secondary N) is 1. The van der Waals surface area contributed by atoms with Crippen LogP contribution < -0.4 is 10.1 Å². The molecule has 0 spiro atoms. The van der Waals surface area contributed by atoms with E-state index in [0.717, 1.165) is 45.6 Å². The molecule has 5 nitrogen and oxygen atoms in total. The Morgan fingerprint density at radius 2 is 1.83 bits per heavy atom. The van der Waals surface area contributed by atoms with Crippen molar-refractivity contribution in [3.05, 3.63) is 77.4 Å². The molecule has 1 heterocycles. The Bertz CT molecular complexity index is 1190. The van der Waals surface area contributed by atoms with Gasteiger partial charge in [-0.2, -0.15) is 0 Å². The number of hydrogen-bond acceptors (Lipinski definition) is 4. The van der Waals surface area contributed by atoms with Crippen LogP contribution in [-0.2, 0) is 0 Å². The highest BCUT2D eigenvalue weighted by molar-refractivity contribution is 6.05. The number of ether oxygens (including phenoxy) is 1. The number of aromatic nitrogens is 1. The highest BCUT2D eigenvalue weighted by Crippen LogP contribution is 2.28. The molecule has 4 rings (SSSR count). The van der Waals surface area contributed by atoms with Crippen LogP contribution in [-0.4, -0.2) is 17.5 Å². The molecule has 1 aromatic heterocycles. The first kappa shape index (κ1) is 19.7. The third kappa shape index (κ3) is 4.20. The average Bonchev–Trinajstić information content (AvgIpc) is 3.17. The Labute approximate surface area is 175 Å². The molecule has 152 valence electrons. The van der Waals surface area contributed by atoms with Gasteiger partial charge in [-0.05, 0) is 79.9 Å². The summed E-state index contributed by atoms with van der Waals surface area (Å²) in [7, 11) is 0. The summed E-state index contributed by atoms with van der Waals surface area (Å²) in [5.41, 5.74) is 5.76. The second kappa shape index (κ2) is 8.41. The summed E-state index contributed by atoms with van der Waals surface area (Å²) < 4.78 is 11.5. The van der Waals surface area contributed by atoms with Crippen LogP contribution in [0.4, 0.5) is 5.69 Å².